The molecule has 0 amide bonds. The minimum Gasteiger partial charge on any atom is -0.486 e. The van der Waals surface area contributed by atoms with Gasteiger partial charge in [0, 0.05) is 24.4 Å². The maximum Gasteiger partial charge on any atom is 0.306 e. The van der Waals surface area contributed by atoms with Crippen LogP contribution in [0.3, 0.4) is 0 Å². The van der Waals surface area contributed by atoms with Gasteiger partial charge < -0.3 is 29.5 Å². The van der Waals surface area contributed by atoms with E-state index in [2.05, 4.69) is 17.1 Å². The lowest BCUT2D eigenvalue weighted by Crippen LogP contribution is -2.21. The minimum atomic E-state index is -0.937. The van der Waals surface area contributed by atoms with E-state index in [1.165, 1.54) is 5.56 Å². The van der Waals surface area contributed by atoms with Crippen LogP contribution in [-0.4, -0.2) is 52.2 Å². The van der Waals surface area contributed by atoms with Crippen LogP contribution in [0.2, 0.25) is 0 Å². The lowest BCUT2D eigenvalue weighted by Gasteiger charge is -2.18. The first kappa shape index (κ1) is 25.6. The number of pyridine rings is 1. The van der Waals surface area contributed by atoms with Gasteiger partial charge in [0.15, 0.2) is 0 Å². The number of carbonyl (C=O) groups is 1. The summed E-state index contributed by atoms with van der Waals surface area (Å²) in [5, 5.41) is 27.5. The summed E-state index contributed by atoms with van der Waals surface area (Å²) in [4.78, 5) is 15.5. The molecule has 0 spiro atoms. The van der Waals surface area contributed by atoms with Crippen molar-refractivity contribution in [2.75, 3.05) is 19.8 Å². The molecule has 2 aromatic carbocycles. The number of ether oxygens (including phenoxy) is 3. The van der Waals surface area contributed by atoms with Gasteiger partial charge in [-0.15, -0.1) is 0 Å². The van der Waals surface area contributed by atoms with E-state index in [-0.39, 0.29) is 25.7 Å². The number of fused-ring (bicyclic) bond motifs is 1. The van der Waals surface area contributed by atoms with E-state index in [0.29, 0.717) is 12.5 Å². The fraction of sp³-hybridized carbons (Fsp3) is 0.357. The lowest BCUT2D eigenvalue weighted by molar-refractivity contribution is -0.140. The van der Waals surface area contributed by atoms with Gasteiger partial charge in [0.05, 0.1) is 19.1 Å². The molecule has 3 N–H and O–H groups in total. The summed E-state index contributed by atoms with van der Waals surface area (Å²) in [6.45, 7) is 1.91. The first-order valence-electron chi connectivity index (χ1n) is 12.1. The Morgan fingerprint density at radius 3 is 2.61 bits per heavy atom. The van der Waals surface area contributed by atoms with Crippen LogP contribution in [0.4, 0.5) is 0 Å². The Hall–Kier alpha value is -3.46. The van der Waals surface area contributed by atoms with Crippen molar-refractivity contribution < 1.29 is 34.3 Å². The molecule has 8 nitrogen and oxygen atoms in total. The zero-order chi connectivity index (χ0) is 25.5. The van der Waals surface area contributed by atoms with Crippen molar-refractivity contribution in [3.05, 3.63) is 77.5 Å². The maximum atomic E-state index is 11.2. The second-order valence-corrected chi connectivity index (χ2v) is 8.66. The minimum absolute atomic E-state index is 0.0184. The first-order valence-corrected chi connectivity index (χ1v) is 12.1. The Labute approximate surface area is 210 Å². The number of aliphatic hydroxyl groups is 2. The third-order valence-electron chi connectivity index (χ3n) is 6.16. The van der Waals surface area contributed by atoms with Gasteiger partial charge in [-0.3, -0.25) is 4.79 Å². The molecule has 0 aliphatic heterocycles. The van der Waals surface area contributed by atoms with Crippen LogP contribution in [0.1, 0.15) is 48.7 Å². The number of hydrogen-bond donors (Lipinski definition) is 3. The highest BCUT2D eigenvalue weighted by Crippen LogP contribution is 2.40. The van der Waals surface area contributed by atoms with Crippen LogP contribution in [0.5, 0.6) is 11.6 Å². The summed E-state index contributed by atoms with van der Waals surface area (Å²) in [5.74, 6) is 0.212. The molecule has 0 saturated heterocycles. The lowest BCUT2D eigenvalue weighted by atomic mass is 9.98. The molecular weight excluding hydrogens is 462 g/mol. The molecule has 1 aliphatic carbocycles. The highest BCUT2D eigenvalue weighted by Gasteiger charge is 2.27. The Kier molecular flexibility index (Phi) is 8.53. The van der Waals surface area contributed by atoms with Crippen LogP contribution in [0.25, 0.3) is 11.1 Å². The number of aliphatic carboxylic acids is 1. The monoisotopic (exact) mass is 493 g/mol. The highest BCUT2D eigenvalue weighted by atomic mass is 16.5. The molecule has 4 rings (SSSR count). The molecule has 3 atom stereocenters. The molecule has 0 fully saturated rings. The molecule has 1 heterocycles. The fourth-order valence-corrected chi connectivity index (χ4v) is 4.43. The van der Waals surface area contributed by atoms with Crippen LogP contribution < -0.4 is 9.47 Å². The number of hydrogen-bond acceptors (Lipinski definition) is 7. The molecule has 0 saturated carbocycles. The molecule has 3 aromatic rings. The SMILES string of the molecule is CCO[C@@H](CC(=O)O)c1ccc(O[C@@H]2CCc3c(-c4ccc(OC[C@H](O)CO)nc4)cccc32)cc1. The Morgan fingerprint density at radius 1 is 1.14 bits per heavy atom. The fourth-order valence-electron chi connectivity index (χ4n) is 4.43. The quantitative estimate of drug-likeness (QED) is 0.345. The second-order valence-electron chi connectivity index (χ2n) is 8.66. The summed E-state index contributed by atoms with van der Waals surface area (Å²) in [7, 11) is 0. The number of rotatable bonds is 12. The number of carboxylic acids is 1. The molecule has 36 heavy (non-hydrogen) atoms. The summed E-state index contributed by atoms with van der Waals surface area (Å²) < 4.78 is 17.3. The zero-order valence-electron chi connectivity index (χ0n) is 20.2. The van der Waals surface area contributed by atoms with E-state index in [4.69, 9.17) is 24.4 Å². The predicted octanol–water partition coefficient (Wildman–Crippen LogP) is 4.10. The molecule has 1 aromatic heterocycles. The van der Waals surface area contributed by atoms with Crippen molar-refractivity contribution in [3.63, 3.8) is 0 Å². The number of benzene rings is 2. The van der Waals surface area contributed by atoms with E-state index in [0.717, 1.165) is 40.8 Å². The van der Waals surface area contributed by atoms with Crippen LogP contribution in [0.15, 0.2) is 60.8 Å². The topological polar surface area (TPSA) is 118 Å². The van der Waals surface area contributed by atoms with Gasteiger partial charge in [-0.2, -0.15) is 0 Å². The van der Waals surface area contributed by atoms with Gasteiger partial charge in [0.1, 0.15) is 24.6 Å². The van der Waals surface area contributed by atoms with Gasteiger partial charge in [0.25, 0.3) is 0 Å². The van der Waals surface area contributed by atoms with Crippen LogP contribution in [-0.2, 0) is 16.0 Å². The standard InChI is InChI=1S/C28H31NO7/c1-2-34-26(14-28(32)33)18-6-9-21(10-7-18)36-25-12-11-23-22(4-3-5-24(23)25)19-8-13-27(29-15-19)35-17-20(31)16-30/h3-10,13,15,20,25-26,30-31H,2,11-12,14,16-17H2,1H3,(H,32,33)/t20-,25-,26+/m1/s1. The third-order valence-corrected chi connectivity index (χ3v) is 6.16. The highest BCUT2D eigenvalue weighted by molar-refractivity contribution is 5.69. The van der Waals surface area contributed by atoms with Gasteiger partial charge in [-0.1, -0.05) is 30.3 Å². The van der Waals surface area contributed by atoms with Gasteiger partial charge in [-0.25, -0.2) is 4.98 Å². The van der Waals surface area contributed by atoms with E-state index in [9.17, 15) is 9.90 Å². The smallest absolute Gasteiger partial charge is 0.306 e. The largest absolute Gasteiger partial charge is 0.486 e. The van der Waals surface area contributed by atoms with E-state index in [1.54, 1.807) is 12.3 Å². The van der Waals surface area contributed by atoms with Crippen molar-refractivity contribution in [2.24, 2.45) is 0 Å². The Balaban J connectivity index is 1.45. The Bertz CT molecular complexity index is 1150. The van der Waals surface area contributed by atoms with E-state index < -0.39 is 18.2 Å². The Morgan fingerprint density at radius 2 is 1.94 bits per heavy atom. The molecule has 190 valence electrons. The zero-order valence-corrected chi connectivity index (χ0v) is 20.2. The number of aromatic nitrogens is 1. The van der Waals surface area contributed by atoms with Gasteiger partial charge in [0.2, 0.25) is 5.88 Å². The van der Waals surface area contributed by atoms with Gasteiger partial charge in [-0.05, 0) is 60.2 Å². The van der Waals surface area contributed by atoms with Crippen molar-refractivity contribution in [3.8, 4) is 22.8 Å². The van der Waals surface area contributed by atoms with Gasteiger partial charge >= 0.3 is 5.97 Å². The summed E-state index contributed by atoms with van der Waals surface area (Å²) in [5.41, 5.74) is 5.24. The summed E-state index contributed by atoms with van der Waals surface area (Å²) in [6, 6.07) is 17.3. The van der Waals surface area contributed by atoms with E-state index >= 15 is 0 Å². The molecule has 0 radical (unpaired) electrons. The number of carboxylic acid groups (broad SMARTS) is 1. The molecular formula is C28H31NO7. The second kappa shape index (κ2) is 12.0. The average Bonchev–Trinajstić information content (AvgIpc) is 3.30. The number of aliphatic hydroxyl groups excluding tert-OH is 2. The van der Waals surface area contributed by atoms with Crippen LogP contribution in [0, 0.1) is 0 Å². The predicted molar refractivity (Wildman–Crippen MR) is 133 cm³/mol. The third kappa shape index (κ3) is 6.20. The number of nitrogens with zero attached hydrogens (tertiary/aromatic N) is 1. The summed E-state index contributed by atoms with van der Waals surface area (Å²) >= 11 is 0. The normalized spacial score (nSPS) is 16.2. The van der Waals surface area contributed by atoms with Crippen LogP contribution >= 0.6 is 0 Å². The molecule has 1 aliphatic rings. The van der Waals surface area contributed by atoms with Crippen molar-refractivity contribution in [1.29, 1.82) is 0 Å². The first-order chi connectivity index (χ1) is 17.5. The molecule has 8 heteroatoms. The molecule has 0 unspecified atom stereocenters. The average molecular weight is 494 g/mol. The van der Waals surface area contributed by atoms with E-state index in [1.807, 2.05) is 43.3 Å². The van der Waals surface area contributed by atoms with Crippen molar-refractivity contribution in [1.82, 2.24) is 4.98 Å². The van der Waals surface area contributed by atoms with Crippen molar-refractivity contribution in [2.45, 2.75) is 44.5 Å². The molecule has 0 bridgehead atoms. The van der Waals surface area contributed by atoms with Crippen molar-refractivity contribution >= 4 is 5.97 Å². The summed E-state index contributed by atoms with van der Waals surface area (Å²) in [6.07, 6.45) is 1.88. The maximum absolute atomic E-state index is 11.2.